The van der Waals surface area contributed by atoms with Crippen molar-refractivity contribution in [1.82, 2.24) is 5.32 Å². The molecule has 0 aliphatic heterocycles. The first-order valence-corrected chi connectivity index (χ1v) is 4.62. The van der Waals surface area contributed by atoms with E-state index in [9.17, 15) is 4.79 Å². The zero-order valence-electron chi connectivity index (χ0n) is 9.20. The predicted octanol–water partition coefficient (Wildman–Crippen LogP) is 0.219. The van der Waals surface area contributed by atoms with Crippen molar-refractivity contribution < 1.29 is 14.6 Å². The molecule has 14 heavy (non-hydrogen) atoms. The van der Waals surface area contributed by atoms with Crippen molar-refractivity contribution in [2.75, 3.05) is 6.61 Å². The first kappa shape index (κ1) is 13.2. The number of nitrogens with two attached hydrogens (primary N) is 1. The summed E-state index contributed by atoms with van der Waals surface area (Å²) < 4.78 is 5.00. The zero-order chi connectivity index (χ0) is 11.4. The molecule has 0 fully saturated rings. The van der Waals surface area contributed by atoms with Gasteiger partial charge in [-0.25, -0.2) is 4.79 Å². The van der Waals surface area contributed by atoms with Crippen LogP contribution < -0.4 is 11.1 Å². The molecule has 4 N–H and O–H groups in total. The summed E-state index contributed by atoms with van der Waals surface area (Å²) in [5, 5.41) is 11.4. The molecule has 0 spiro atoms. The van der Waals surface area contributed by atoms with E-state index in [2.05, 4.69) is 5.32 Å². The van der Waals surface area contributed by atoms with Crippen LogP contribution in [0, 0.1) is 0 Å². The summed E-state index contributed by atoms with van der Waals surface area (Å²) >= 11 is 0. The van der Waals surface area contributed by atoms with Gasteiger partial charge in [-0.15, -0.1) is 0 Å². The summed E-state index contributed by atoms with van der Waals surface area (Å²) in [5.41, 5.74) is 4.99. The average Bonchev–Trinajstić information content (AvgIpc) is 1.96. The zero-order valence-corrected chi connectivity index (χ0v) is 9.20. The number of hydrogen-bond donors (Lipinski definition) is 3. The van der Waals surface area contributed by atoms with Gasteiger partial charge in [0.25, 0.3) is 0 Å². The number of ether oxygens (including phenoxy) is 1. The minimum Gasteiger partial charge on any atom is -0.444 e. The Labute approximate surface area is 84.6 Å². The number of nitrogens with one attached hydrogen (secondary N) is 1. The lowest BCUT2D eigenvalue weighted by molar-refractivity contribution is 0.0474. The Bertz CT molecular complexity index is 187. The van der Waals surface area contributed by atoms with Crippen molar-refractivity contribution in [1.29, 1.82) is 0 Å². The minimum atomic E-state index is -0.561. The van der Waals surface area contributed by atoms with Gasteiger partial charge in [0.1, 0.15) is 5.60 Å². The Morgan fingerprint density at radius 1 is 1.57 bits per heavy atom. The minimum absolute atomic E-state index is 0.198. The number of carbonyl (C=O) groups excluding carboxylic acids is 1. The number of rotatable bonds is 3. The fraction of sp³-hybridized carbons (Fsp3) is 0.889. The maximum atomic E-state index is 11.2. The third-order valence-corrected chi connectivity index (χ3v) is 1.53. The maximum Gasteiger partial charge on any atom is 0.408 e. The molecule has 0 saturated heterocycles. The van der Waals surface area contributed by atoms with Gasteiger partial charge in [0.05, 0.1) is 12.6 Å². The lowest BCUT2D eigenvalue weighted by Crippen LogP contribution is -2.49. The first-order valence-electron chi connectivity index (χ1n) is 4.62. The molecular weight excluding hydrogens is 184 g/mol. The highest BCUT2D eigenvalue weighted by molar-refractivity contribution is 5.68. The topological polar surface area (TPSA) is 84.6 Å². The van der Waals surface area contributed by atoms with E-state index >= 15 is 0 Å². The van der Waals surface area contributed by atoms with Gasteiger partial charge in [-0.3, -0.25) is 0 Å². The van der Waals surface area contributed by atoms with Crippen LogP contribution in [0.2, 0.25) is 0 Å². The summed E-state index contributed by atoms with van der Waals surface area (Å²) in [4.78, 5) is 11.2. The Morgan fingerprint density at radius 3 is 2.36 bits per heavy atom. The Kier molecular flexibility index (Phi) is 4.87. The summed E-state index contributed by atoms with van der Waals surface area (Å²) in [6, 6.07) is -0.780. The molecule has 0 aliphatic carbocycles. The number of aliphatic hydroxyl groups is 1. The molecule has 84 valence electrons. The molecule has 0 unspecified atom stereocenters. The van der Waals surface area contributed by atoms with E-state index in [1.165, 1.54) is 0 Å². The summed E-state index contributed by atoms with van der Waals surface area (Å²) in [6.07, 6.45) is -0.561. The number of aliphatic hydroxyl groups excluding tert-OH is 1. The van der Waals surface area contributed by atoms with E-state index in [4.69, 9.17) is 15.6 Å². The molecule has 0 rings (SSSR count). The fourth-order valence-corrected chi connectivity index (χ4v) is 0.802. The molecule has 0 aromatic carbocycles. The Morgan fingerprint density at radius 2 is 2.07 bits per heavy atom. The number of alkyl carbamates (subject to hydrolysis) is 1. The molecule has 0 aromatic heterocycles. The van der Waals surface area contributed by atoms with Gasteiger partial charge in [-0.05, 0) is 27.7 Å². The van der Waals surface area contributed by atoms with E-state index in [-0.39, 0.29) is 12.6 Å². The lowest BCUT2D eigenvalue weighted by Gasteiger charge is -2.24. The van der Waals surface area contributed by atoms with Crippen molar-refractivity contribution in [3.05, 3.63) is 0 Å². The molecule has 0 aromatic rings. The molecule has 0 heterocycles. The van der Waals surface area contributed by atoms with Crippen LogP contribution in [-0.4, -0.2) is 35.5 Å². The molecule has 0 radical (unpaired) electrons. The van der Waals surface area contributed by atoms with Gasteiger partial charge in [0, 0.05) is 6.04 Å². The summed E-state index contributed by atoms with van der Waals surface area (Å²) in [5.74, 6) is 0. The second-order valence-electron chi connectivity index (χ2n) is 4.29. The molecule has 2 atom stereocenters. The second-order valence-corrected chi connectivity index (χ2v) is 4.29. The van der Waals surface area contributed by atoms with Crippen LogP contribution >= 0.6 is 0 Å². The van der Waals surface area contributed by atoms with E-state index in [1.807, 2.05) is 0 Å². The highest BCUT2D eigenvalue weighted by Crippen LogP contribution is 2.06. The largest absolute Gasteiger partial charge is 0.444 e. The van der Waals surface area contributed by atoms with Crippen LogP contribution in [0.1, 0.15) is 27.7 Å². The predicted molar refractivity (Wildman–Crippen MR) is 53.9 cm³/mol. The van der Waals surface area contributed by atoms with Crippen LogP contribution in [0.4, 0.5) is 4.79 Å². The van der Waals surface area contributed by atoms with E-state index < -0.39 is 17.7 Å². The normalized spacial score (nSPS) is 15.9. The number of carbonyl (C=O) groups is 1. The third kappa shape index (κ3) is 5.77. The van der Waals surface area contributed by atoms with E-state index in [0.717, 1.165) is 0 Å². The van der Waals surface area contributed by atoms with Gasteiger partial charge in [0.2, 0.25) is 0 Å². The SMILES string of the molecule is C[C@H](N)[C@@H](CO)NC(=O)OC(C)(C)C. The third-order valence-electron chi connectivity index (χ3n) is 1.53. The van der Waals surface area contributed by atoms with Gasteiger partial charge in [-0.2, -0.15) is 0 Å². The van der Waals surface area contributed by atoms with Crippen molar-refractivity contribution in [2.24, 2.45) is 5.73 Å². The number of hydrogen-bond acceptors (Lipinski definition) is 4. The summed E-state index contributed by atoms with van der Waals surface area (Å²) in [7, 11) is 0. The highest BCUT2D eigenvalue weighted by atomic mass is 16.6. The van der Waals surface area contributed by atoms with Crippen molar-refractivity contribution >= 4 is 6.09 Å². The molecule has 0 aliphatic rings. The average molecular weight is 204 g/mol. The Balaban J connectivity index is 4.04. The van der Waals surface area contributed by atoms with Crippen molar-refractivity contribution in [2.45, 2.75) is 45.4 Å². The van der Waals surface area contributed by atoms with Crippen LogP contribution in [-0.2, 0) is 4.74 Å². The standard InChI is InChI=1S/C9H20N2O3/c1-6(10)7(5-12)11-8(13)14-9(2,3)4/h6-7,12H,5,10H2,1-4H3,(H,11,13)/t6-,7+/m0/s1. The Hall–Kier alpha value is -0.810. The van der Waals surface area contributed by atoms with E-state index in [1.54, 1.807) is 27.7 Å². The van der Waals surface area contributed by atoms with Crippen LogP contribution in [0.15, 0.2) is 0 Å². The van der Waals surface area contributed by atoms with Crippen molar-refractivity contribution in [3.63, 3.8) is 0 Å². The van der Waals surface area contributed by atoms with Gasteiger partial charge < -0.3 is 20.9 Å². The highest BCUT2D eigenvalue weighted by Gasteiger charge is 2.20. The smallest absolute Gasteiger partial charge is 0.408 e. The van der Waals surface area contributed by atoms with Gasteiger partial charge in [0.15, 0.2) is 0 Å². The number of amides is 1. The monoisotopic (exact) mass is 204 g/mol. The molecule has 0 saturated carbocycles. The van der Waals surface area contributed by atoms with Gasteiger partial charge in [-0.1, -0.05) is 0 Å². The van der Waals surface area contributed by atoms with Gasteiger partial charge >= 0.3 is 6.09 Å². The van der Waals surface area contributed by atoms with Crippen molar-refractivity contribution in [3.8, 4) is 0 Å². The van der Waals surface area contributed by atoms with Crippen LogP contribution in [0.5, 0.6) is 0 Å². The first-order chi connectivity index (χ1) is 6.26. The maximum absolute atomic E-state index is 11.2. The van der Waals surface area contributed by atoms with Crippen LogP contribution in [0.25, 0.3) is 0 Å². The molecule has 5 heteroatoms. The van der Waals surface area contributed by atoms with Crippen LogP contribution in [0.3, 0.4) is 0 Å². The molecule has 1 amide bonds. The lowest BCUT2D eigenvalue weighted by atomic mass is 10.2. The molecule has 0 bridgehead atoms. The second kappa shape index (κ2) is 5.17. The summed E-state index contributed by atoms with van der Waals surface area (Å²) in [6.45, 7) is 6.82. The molecule has 5 nitrogen and oxygen atoms in total. The van der Waals surface area contributed by atoms with E-state index in [0.29, 0.717) is 0 Å². The fourth-order valence-electron chi connectivity index (χ4n) is 0.802. The molecular formula is C9H20N2O3. The quantitative estimate of drug-likeness (QED) is 0.614.